The number of hydrogen-bond donors (Lipinski definition) is 0. The maximum absolute atomic E-state index is 12.7. The number of anilines is 1. The normalized spacial score (nSPS) is 11.8. The zero-order chi connectivity index (χ0) is 19.4. The van der Waals surface area contributed by atoms with Gasteiger partial charge in [0.15, 0.2) is 4.80 Å². The molecule has 0 saturated carbocycles. The van der Waals surface area contributed by atoms with Crippen molar-refractivity contribution in [3.05, 3.63) is 52.8 Å². The van der Waals surface area contributed by atoms with Gasteiger partial charge in [0, 0.05) is 31.9 Å². The van der Waals surface area contributed by atoms with Crippen LogP contribution >= 0.6 is 11.3 Å². The van der Waals surface area contributed by atoms with Crippen LogP contribution in [0.1, 0.15) is 30.6 Å². The van der Waals surface area contributed by atoms with E-state index < -0.39 is 0 Å². The maximum atomic E-state index is 12.7. The van der Waals surface area contributed by atoms with Crippen molar-refractivity contribution in [2.24, 2.45) is 4.99 Å². The number of nitrogens with zero attached hydrogens (tertiary/aromatic N) is 3. The molecule has 5 nitrogen and oxygen atoms in total. The smallest absolute Gasteiger partial charge is 0.279 e. The molecule has 0 aliphatic rings. The summed E-state index contributed by atoms with van der Waals surface area (Å²) < 4.78 is 8.97. The summed E-state index contributed by atoms with van der Waals surface area (Å²) in [7, 11) is 3.95. The monoisotopic (exact) mass is 383 g/mol. The largest absolute Gasteiger partial charge is 0.492 e. The van der Waals surface area contributed by atoms with Gasteiger partial charge in [-0.25, -0.2) is 0 Å². The Labute approximate surface area is 163 Å². The van der Waals surface area contributed by atoms with Gasteiger partial charge in [0.1, 0.15) is 11.3 Å². The Balaban J connectivity index is 2.08. The van der Waals surface area contributed by atoms with E-state index in [1.165, 1.54) is 11.3 Å². The molecule has 0 aliphatic heterocycles. The van der Waals surface area contributed by atoms with Crippen molar-refractivity contribution >= 4 is 33.1 Å². The molecule has 0 bridgehead atoms. The summed E-state index contributed by atoms with van der Waals surface area (Å²) in [5, 5.41) is 0. The molecule has 0 atom stereocenters. The highest BCUT2D eigenvalue weighted by Crippen LogP contribution is 2.28. The first-order valence-corrected chi connectivity index (χ1v) is 9.98. The average Bonchev–Trinajstić information content (AvgIpc) is 3.00. The third kappa shape index (κ3) is 4.06. The molecule has 0 saturated heterocycles. The van der Waals surface area contributed by atoms with Crippen molar-refractivity contribution < 1.29 is 9.53 Å². The molecule has 1 heterocycles. The minimum absolute atomic E-state index is 0.227. The van der Waals surface area contributed by atoms with Crippen LogP contribution in [0, 0.1) is 0 Å². The topological polar surface area (TPSA) is 46.8 Å². The average molecular weight is 384 g/mol. The van der Waals surface area contributed by atoms with Crippen LogP contribution in [-0.2, 0) is 6.54 Å². The first-order chi connectivity index (χ1) is 13.0. The Morgan fingerprint density at radius 2 is 1.89 bits per heavy atom. The summed E-state index contributed by atoms with van der Waals surface area (Å²) in [5.41, 5.74) is 2.66. The van der Waals surface area contributed by atoms with Crippen LogP contribution in [0.15, 0.2) is 47.5 Å². The molecule has 1 amide bonds. The van der Waals surface area contributed by atoms with Crippen LogP contribution < -0.4 is 14.4 Å². The number of carbonyl (C=O) groups is 1. The van der Waals surface area contributed by atoms with E-state index in [1.54, 1.807) is 0 Å². The molecule has 3 rings (SSSR count). The van der Waals surface area contributed by atoms with Crippen LogP contribution in [0.25, 0.3) is 10.2 Å². The van der Waals surface area contributed by atoms with E-state index in [1.807, 2.05) is 68.4 Å². The van der Waals surface area contributed by atoms with Crippen LogP contribution in [0.5, 0.6) is 5.75 Å². The van der Waals surface area contributed by atoms with E-state index in [-0.39, 0.29) is 5.91 Å². The molecular weight excluding hydrogens is 358 g/mol. The van der Waals surface area contributed by atoms with Crippen molar-refractivity contribution in [3.63, 3.8) is 0 Å². The molecule has 0 unspecified atom stereocenters. The number of aryl methyl sites for hydroxylation is 1. The molecule has 0 radical (unpaired) electrons. The lowest BCUT2D eigenvalue weighted by Crippen LogP contribution is -2.17. The van der Waals surface area contributed by atoms with E-state index in [2.05, 4.69) is 16.5 Å². The molecule has 142 valence electrons. The number of thiazole rings is 1. The van der Waals surface area contributed by atoms with Crippen molar-refractivity contribution in [2.45, 2.75) is 26.8 Å². The van der Waals surface area contributed by atoms with E-state index in [0.717, 1.165) is 34.6 Å². The van der Waals surface area contributed by atoms with Gasteiger partial charge in [-0.05, 0) is 49.7 Å². The van der Waals surface area contributed by atoms with Crippen molar-refractivity contribution in [3.8, 4) is 5.75 Å². The number of hydrogen-bond acceptors (Lipinski definition) is 4. The first-order valence-electron chi connectivity index (χ1n) is 9.16. The van der Waals surface area contributed by atoms with Crippen LogP contribution in [0.4, 0.5) is 5.69 Å². The fraction of sp³-hybridized carbons (Fsp3) is 0.333. The summed E-state index contributed by atoms with van der Waals surface area (Å²) in [5.74, 6) is 0.610. The van der Waals surface area contributed by atoms with Gasteiger partial charge < -0.3 is 14.2 Å². The third-order valence-electron chi connectivity index (χ3n) is 4.24. The van der Waals surface area contributed by atoms with Crippen molar-refractivity contribution in [2.75, 3.05) is 25.6 Å². The quantitative estimate of drug-likeness (QED) is 0.637. The highest BCUT2D eigenvalue weighted by atomic mass is 32.1. The Morgan fingerprint density at radius 1 is 1.15 bits per heavy atom. The van der Waals surface area contributed by atoms with Crippen LogP contribution in [0.2, 0.25) is 0 Å². The second-order valence-electron chi connectivity index (χ2n) is 6.43. The molecule has 27 heavy (non-hydrogen) atoms. The number of aromatic nitrogens is 1. The zero-order valence-electron chi connectivity index (χ0n) is 16.2. The number of amides is 1. The number of ether oxygens (including phenoxy) is 1. The second-order valence-corrected chi connectivity index (χ2v) is 7.44. The highest BCUT2D eigenvalue weighted by molar-refractivity contribution is 7.16. The number of fused-ring (bicyclic) bond motifs is 1. The minimum atomic E-state index is -0.227. The second kappa shape index (κ2) is 8.39. The van der Waals surface area contributed by atoms with E-state index >= 15 is 0 Å². The predicted molar refractivity (Wildman–Crippen MR) is 112 cm³/mol. The highest BCUT2D eigenvalue weighted by Gasteiger charge is 2.13. The lowest BCUT2D eigenvalue weighted by molar-refractivity contribution is 0.0998. The van der Waals surface area contributed by atoms with Gasteiger partial charge in [-0.2, -0.15) is 4.99 Å². The Bertz CT molecular complexity index is 1000. The predicted octanol–water partition coefficient (Wildman–Crippen LogP) is 4.32. The maximum Gasteiger partial charge on any atom is 0.279 e. The van der Waals surface area contributed by atoms with Gasteiger partial charge in [-0.3, -0.25) is 4.79 Å². The van der Waals surface area contributed by atoms with Gasteiger partial charge >= 0.3 is 0 Å². The fourth-order valence-corrected chi connectivity index (χ4v) is 4.01. The Kier molecular flexibility index (Phi) is 5.96. The SMILES string of the molecule is CCCn1c(=NC(=O)c2ccc(N(C)C)cc2)sc2cccc(OCC)c21. The summed E-state index contributed by atoms with van der Waals surface area (Å²) in [6.45, 7) is 5.48. The van der Waals surface area contributed by atoms with Crippen molar-refractivity contribution in [1.82, 2.24) is 4.57 Å². The molecule has 6 heteroatoms. The number of carbonyl (C=O) groups excluding carboxylic acids is 1. The Morgan fingerprint density at radius 3 is 2.52 bits per heavy atom. The van der Waals surface area contributed by atoms with Gasteiger partial charge in [0.25, 0.3) is 5.91 Å². The third-order valence-corrected chi connectivity index (χ3v) is 5.28. The van der Waals surface area contributed by atoms with E-state index in [0.29, 0.717) is 17.0 Å². The summed E-state index contributed by atoms with van der Waals surface area (Å²) in [4.78, 5) is 19.9. The van der Waals surface area contributed by atoms with Gasteiger partial charge in [0.05, 0.1) is 11.3 Å². The lowest BCUT2D eigenvalue weighted by Gasteiger charge is -2.11. The van der Waals surface area contributed by atoms with Gasteiger partial charge in [-0.15, -0.1) is 0 Å². The molecule has 0 spiro atoms. The molecule has 2 aromatic carbocycles. The number of benzene rings is 2. The first kappa shape index (κ1) is 19.2. The van der Waals surface area contributed by atoms with Crippen LogP contribution in [0.3, 0.4) is 0 Å². The molecule has 0 N–H and O–H groups in total. The molecule has 0 aliphatic carbocycles. The summed E-state index contributed by atoms with van der Waals surface area (Å²) in [6.07, 6.45) is 0.950. The van der Waals surface area contributed by atoms with Gasteiger partial charge in [-0.1, -0.05) is 24.3 Å². The summed E-state index contributed by atoms with van der Waals surface area (Å²) >= 11 is 1.52. The number of rotatable bonds is 6. The fourth-order valence-electron chi connectivity index (χ4n) is 2.94. The van der Waals surface area contributed by atoms with E-state index in [9.17, 15) is 4.79 Å². The van der Waals surface area contributed by atoms with Crippen molar-refractivity contribution in [1.29, 1.82) is 0 Å². The minimum Gasteiger partial charge on any atom is -0.492 e. The van der Waals surface area contributed by atoms with Gasteiger partial charge in [0.2, 0.25) is 0 Å². The lowest BCUT2D eigenvalue weighted by atomic mass is 10.2. The molecular formula is C21H25N3O2S. The number of para-hydroxylation sites is 1. The van der Waals surface area contributed by atoms with Crippen LogP contribution in [-0.4, -0.2) is 31.2 Å². The molecule has 3 aromatic rings. The molecule has 1 aromatic heterocycles. The standard InChI is InChI=1S/C21H25N3O2S/c1-5-14-24-19-17(26-6-2)8-7-9-18(19)27-21(24)22-20(25)15-10-12-16(13-11-15)23(3)4/h7-13H,5-6,14H2,1-4H3. The zero-order valence-corrected chi connectivity index (χ0v) is 17.0. The van der Waals surface area contributed by atoms with E-state index in [4.69, 9.17) is 4.74 Å². The summed E-state index contributed by atoms with van der Waals surface area (Å²) in [6, 6.07) is 13.5. The molecule has 0 fully saturated rings. The Hall–Kier alpha value is -2.60.